The van der Waals surface area contributed by atoms with Gasteiger partial charge in [0.2, 0.25) is 0 Å². The van der Waals surface area contributed by atoms with E-state index < -0.39 is 0 Å². The molecule has 6 nitrogen and oxygen atoms in total. The summed E-state index contributed by atoms with van der Waals surface area (Å²) in [6.07, 6.45) is 2.42. The SMILES string of the molecule is CCOc1ccc(/C=N\OCC(=O)N2CCc3ccccc32)cc1OC. The minimum absolute atomic E-state index is 0.0982. The minimum atomic E-state index is -0.101. The summed E-state index contributed by atoms with van der Waals surface area (Å²) in [5.74, 6) is 1.20. The van der Waals surface area contributed by atoms with E-state index in [1.807, 2.05) is 43.3 Å². The van der Waals surface area contributed by atoms with Gasteiger partial charge in [0.05, 0.1) is 19.9 Å². The molecule has 1 aliphatic rings. The molecule has 0 spiro atoms. The third-order valence-electron chi connectivity index (χ3n) is 4.14. The van der Waals surface area contributed by atoms with Crippen LogP contribution in [-0.2, 0) is 16.1 Å². The number of fused-ring (bicyclic) bond motifs is 1. The van der Waals surface area contributed by atoms with Gasteiger partial charge in [-0.1, -0.05) is 23.4 Å². The Bertz CT molecular complexity index is 804. The summed E-state index contributed by atoms with van der Waals surface area (Å²) in [6, 6.07) is 13.4. The molecule has 0 atom stereocenters. The molecule has 0 aromatic heterocycles. The Morgan fingerprint density at radius 3 is 2.88 bits per heavy atom. The molecule has 0 radical (unpaired) electrons. The molecule has 2 aromatic rings. The molecule has 1 aliphatic heterocycles. The zero-order valence-corrected chi connectivity index (χ0v) is 15.0. The number of methoxy groups -OCH3 is 1. The summed E-state index contributed by atoms with van der Waals surface area (Å²) < 4.78 is 10.8. The molecule has 0 bridgehead atoms. The van der Waals surface area contributed by atoms with Crippen LogP contribution in [0, 0.1) is 0 Å². The van der Waals surface area contributed by atoms with Crippen LogP contribution in [0.15, 0.2) is 47.6 Å². The van der Waals surface area contributed by atoms with E-state index in [0.717, 1.165) is 17.7 Å². The standard InChI is InChI=1S/C20H22N2O4/c1-3-25-18-9-8-15(12-19(18)24-2)13-21-26-14-20(23)22-11-10-16-6-4-5-7-17(16)22/h4-9,12-13H,3,10-11,14H2,1-2H3/b21-13-. The first-order chi connectivity index (χ1) is 12.7. The lowest BCUT2D eigenvalue weighted by Gasteiger charge is -2.16. The molecule has 0 saturated heterocycles. The number of rotatable bonds is 7. The van der Waals surface area contributed by atoms with Crippen LogP contribution in [0.2, 0.25) is 0 Å². The van der Waals surface area contributed by atoms with Crippen molar-refractivity contribution in [2.24, 2.45) is 5.16 Å². The first-order valence-electron chi connectivity index (χ1n) is 8.57. The van der Waals surface area contributed by atoms with Crippen LogP contribution >= 0.6 is 0 Å². The van der Waals surface area contributed by atoms with Crippen molar-refractivity contribution < 1.29 is 19.1 Å². The van der Waals surface area contributed by atoms with Gasteiger partial charge in [0, 0.05) is 17.8 Å². The molecule has 0 aliphatic carbocycles. The second-order valence-corrected chi connectivity index (χ2v) is 5.78. The summed E-state index contributed by atoms with van der Waals surface area (Å²) in [5, 5.41) is 3.89. The van der Waals surface area contributed by atoms with E-state index in [1.165, 1.54) is 5.56 Å². The zero-order chi connectivity index (χ0) is 18.4. The van der Waals surface area contributed by atoms with Crippen LogP contribution in [-0.4, -0.2) is 39.0 Å². The van der Waals surface area contributed by atoms with Gasteiger partial charge in [-0.2, -0.15) is 0 Å². The van der Waals surface area contributed by atoms with E-state index in [4.69, 9.17) is 14.3 Å². The molecule has 136 valence electrons. The molecule has 1 heterocycles. The van der Waals surface area contributed by atoms with E-state index in [2.05, 4.69) is 5.16 Å². The topological polar surface area (TPSA) is 60.4 Å². The maximum absolute atomic E-state index is 12.3. The highest BCUT2D eigenvalue weighted by atomic mass is 16.6. The Morgan fingerprint density at radius 2 is 2.08 bits per heavy atom. The summed E-state index contributed by atoms with van der Waals surface area (Å²) in [7, 11) is 1.59. The van der Waals surface area contributed by atoms with Gasteiger partial charge in [0.15, 0.2) is 18.1 Å². The summed E-state index contributed by atoms with van der Waals surface area (Å²) in [4.78, 5) is 19.3. The third kappa shape index (κ3) is 3.96. The molecule has 0 fully saturated rings. The number of oxime groups is 1. The monoisotopic (exact) mass is 354 g/mol. The molecule has 3 rings (SSSR count). The van der Waals surface area contributed by atoms with E-state index in [-0.39, 0.29) is 12.5 Å². The number of hydrogen-bond donors (Lipinski definition) is 0. The first kappa shape index (κ1) is 17.8. The normalized spacial score (nSPS) is 12.9. The summed E-state index contributed by atoms with van der Waals surface area (Å²) in [5.41, 5.74) is 2.94. The number of benzene rings is 2. The number of para-hydroxylation sites is 1. The average Bonchev–Trinajstić information content (AvgIpc) is 3.10. The second-order valence-electron chi connectivity index (χ2n) is 5.78. The van der Waals surface area contributed by atoms with E-state index in [9.17, 15) is 4.79 Å². The van der Waals surface area contributed by atoms with Crippen LogP contribution in [0.3, 0.4) is 0 Å². The fourth-order valence-electron chi connectivity index (χ4n) is 2.91. The number of nitrogens with zero attached hydrogens (tertiary/aromatic N) is 2. The van der Waals surface area contributed by atoms with Crippen molar-refractivity contribution in [2.75, 3.05) is 31.8 Å². The lowest BCUT2D eigenvalue weighted by atomic mass is 10.2. The maximum Gasteiger partial charge on any atom is 0.267 e. The van der Waals surface area contributed by atoms with Crippen LogP contribution in [0.25, 0.3) is 0 Å². The number of hydrogen-bond acceptors (Lipinski definition) is 5. The van der Waals surface area contributed by atoms with Gasteiger partial charge in [-0.05, 0) is 43.2 Å². The predicted octanol–water partition coefficient (Wildman–Crippen LogP) is 3.03. The third-order valence-corrected chi connectivity index (χ3v) is 4.14. The van der Waals surface area contributed by atoms with Crippen molar-refractivity contribution in [1.82, 2.24) is 0 Å². The highest BCUT2D eigenvalue weighted by Gasteiger charge is 2.24. The Labute approximate surface area is 153 Å². The predicted molar refractivity (Wildman–Crippen MR) is 100 cm³/mol. The Balaban J connectivity index is 1.56. The Morgan fingerprint density at radius 1 is 1.23 bits per heavy atom. The molecule has 6 heteroatoms. The molecule has 0 saturated carbocycles. The molecular formula is C20H22N2O4. The maximum atomic E-state index is 12.3. The number of carbonyl (C=O) groups excluding carboxylic acids is 1. The van der Waals surface area contributed by atoms with Crippen molar-refractivity contribution in [3.63, 3.8) is 0 Å². The Kier molecular flexibility index (Phi) is 5.73. The van der Waals surface area contributed by atoms with Crippen molar-refractivity contribution in [3.8, 4) is 11.5 Å². The van der Waals surface area contributed by atoms with Gasteiger partial charge in [-0.15, -0.1) is 0 Å². The van der Waals surface area contributed by atoms with Crippen LogP contribution in [0.5, 0.6) is 11.5 Å². The second kappa shape index (κ2) is 8.38. The quantitative estimate of drug-likeness (QED) is 0.566. The van der Waals surface area contributed by atoms with E-state index in [1.54, 1.807) is 24.3 Å². The molecule has 2 aromatic carbocycles. The average molecular weight is 354 g/mol. The summed E-state index contributed by atoms with van der Waals surface area (Å²) >= 11 is 0. The molecule has 26 heavy (non-hydrogen) atoms. The van der Waals surface area contributed by atoms with Crippen LogP contribution in [0.1, 0.15) is 18.1 Å². The van der Waals surface area contributed by atoms with Crippen molar-refractivity contribution in [2.45, 2.75) is 13.3 Å². The molecule has 0 N–H and O–H groups in total. The zero-order valence-electron chi connectivity index (χ0n) is 15.0. The lowest BCUT2D eigenvalue weighted by Crippen LogP contribution is -2.31. The van der Waals surface area contributed by atoms with Crippen LogP contribution in [0.4, 0.5) is 5.69 Å². The van der Waals surface area contributed by atoms with Crippen molar-refractivity contribution in [3.05, 3.63) is 53.6 Å². The molecule has 1 amide bonds. The number of ether oxygens (including phenoxy) is 2. The van der Waals surface area contributed by atoms with Gasteiger partial charge in [0.1, 0.15) is 0 Å². The van der Waals surface area contributed by atoms with E-state index in [0.29, 0.717) is 24.7 Å². The minimum Gasteiger partial charge on any atom is -0.493 e. The Hall–Kier alpha value is -3.02. The van der Waals surface area contributed by atoms with Gasteiger partial charge < -0.3 is 19.2 Å². The highest BCUT2D eigenvalue weighted by Crippen LogP contribution is 2.28. The lowest BCUT2D eigenvalue weighted by molar-refractivity contribution is -0.122. The van der Waals surface area contributed by atoms with Gasteiger partial charge in [-0.25, -0.2) is 0 Å². The fraction of sp³-hybridized carbons (Fsp3) is 0.300. The summed E-state index contributed by atoms with van der Waals surface area (Å²) in [6.45, 7) is 3.06. The number of anilines is 1. The number of carbonyl (C=O) groups is 1. The van der Waals surface area contributed by atoms with Crippen LogP contribution < -0.4 is 14.4 Å². The van der Waals surface area contributed by atoms with Gasteiger partial charge in [-0.3, -0.25) is 4.79 Å². The van der Waals surface area contributed by atoms with Gasteiger partial charge >= 0.3 is 0 Å². The van der Waals surface area contributed by atoms with Crippen molar-refractivity contribution >= 4 is 17.8 Å². The fourth-order valence-corrected chi connectivity index (χ4v) is 2.91. The smallest absolute Gasteiger partial charge is 0.267 e. The highest BCUT2D eigenvalue weighted by molar-refractivity contribution is 5.96. The number of amides is 1. The van der Waals surface area contributed by atoms with Gasteiger partial charge in [0.25, 0.3) is 5.91 Å². The molecule has 0 unspecified atom stereocenters. The molecular weight excluding hydrogens is 332 g/mol. The van der Waals surface area contributed by atoms with E-state index >= 15 is 0 Å². The van der Waals surface area contributed by atoms with Crippen molar-refractivity contribution in [1.29, 1.82) is 0 Å². The first-order valence-corrected chi connectivity index (χ1v) is 8.57. The largest absolute Gasteiger partial charge is 0.493 e.